The molecule has 0 bridgehead atoms. The van der Waals surface area contributed by atoms with Crippen LogP contribution in [0, 0.1) is 5.92 Å². The zero-order chi connectivity index (χ0) is 28.3. The molecule has 1 atom stereocenters. The summed E-state index contributed by atoms with van der Waals surface area (Å²) in [6.07, 6.45) is -3.27. The van der Waals surface area contributed by atoms with Gasteiger partial charge in [0, 0.05) is 31.0 Å². The van der Waals surface area contributed by atoms with E-state index in [4.69, 9.17) is 14.2 Å². The van der Waals surface area contributed by atoms with Gasteiger partial charge in [-0.15, -0.1) is 0 Å². The SMILES string of the molecule is CCOC(C(=O)OC)c1c(C(F)(F)F)ccc(-c2ccc(=O)n(CC(C)C)c2)c1-c1ccc2c(c1)CCCO2. The van der Waals surface area contributed by atoms with Crippen LogP contribution in [0.3, 0.4) is 0 Å². The summed E-state index contributed by atoms with van der Waals surface area (Å²) in [6, 6.07) is 10.6. The van der Waals surface area contributed by atoms with E-state index in [1.54, 1.807) is 42.0 Å². The number of hydrogen-bond acceptors (Lipinski definition) is 5. The van der Waals surface area contributed by atoms with Crippen molar-refractivity contribution in [1.82, 2.24) is 4.57 Å². The minimum atomic E-state index is -4.78. The summed E-state index contributed by atoms with van der Waals surface area (Å²) in [5.41, 5.74) is 0.969. The monoisotopic (exact) mass is 543 g/mol. The van der Waals surface area contributed by atoms with Gasteiger partial charge in [-0.25, -0.2) is 4.79 Å². The van der Waals surface area contributed by atoms with Gasteiger partial charge < -0.3 is 18.8 Å². The number of aryl methyl sites for hydroxylation is 1. The average molecular weight is 544 g/mol. The predicted octanol–water partition coefficient (Wildman–Crippen LogP) is 6.43. The maximum Gasteiger partial charge on any atom is 0.416 e. The number of carbonyl (C=O) groups excluding carboxylic acids is 1. The van der Waals surface area contributed by atoms with Crippen molar-refractivity contribution >= 4 is 5.97 Å². The van der Waals surface area contributed by atoms with Crippen molar-refractivity contribution in [1.29, 1.82) is 0 Å². The van der Waals surface area contributed by atoms with Crippen LogP contribution in [-0.2, 0) is 33.4 Å². The van der Waals surface area contributed by atoms with Crippen molar-refractivity contribution in [3.63, 3.8) is 0 Å². The quantitative estimate of drug-likeness (QED) is 0.306. The fraction of sp³-hybridized carbons (Fsp3) is 0.400. The van der Waals surface area contributed by atoms with Crippen molar-refractivity contribution in [2.24, 2.45) is 5.92 Å². The number of methoxy groups -OCH3 is 1. The van der Waals surface area contributed by atoms with Crippen LogP contribution < -0.4 is 10.3 Å². The van der Waals surface area contributed by atoms with Gasteiger partial charge in [0.2, 0.25) is 0 Å². The van der Waals surface area contributed by atoms with Gasteiger partial charge in [-0.1, -0.05) is 26.0 Å². The molecule has 9 heteroatoms. The number of hydrogen-bond donors (Lipinski definition) is 0. The second kappa shape index (κ2) is 11.7. The van der Waals surface area contributed by atoms with Crippen LogP contribution in [0.5, 0.6) is 5.75 Å². The van der Waals surface area contributed by atoms with E-state index in [0.29, 0.717) is 42.0 Å². The molecule has 0 N–H and O–H groups in total. The lowest BCUT2D eigenvalue weighted by Crippen LogP contribution is -2.23. The number of esters is 1. The molecule has 0 fully saturated rings. The van der Waals surface area contributed by atoms with Gasteiger partial charge in [-0.2, -0.15) is 13.2 Å². The van der Waals surface area contributed by atoms with Gasteiger partial charge in [-0.3, -0.25) is 4.79 Å². The standard InChI is InChI=1S/C30H32F3NO5/c1-5-38-28(29(36)37-4)27-23(30(31,32)33)11-10-22(21-9-13-25(35)34(17-21)16-18(2)3)26(27)20-8-12-24-19(15-20)7-6-14-39-24/h8-13,15,17-18,28H,5-7,14,16H2,1-4H3. The van der Waals surface area contributed by atoms with E-state index in [-0.39, 0.29) is 29.2 Å². The fourth-order valence-electron chi connectivity index (χ4n) is 4.98. The molecule has 0 saturated carbocycles. The third-order valence-electron chi connectivity index (χ3n) is 6.62. The van der Waals surface area contributed by atoms with Gasteiger partial charge in [0.15, 0.2) is 6.10 Å². The summed E-state index contributed by atoms with van der Waals surface area (Å²) in [6.45, 7) is 6.54. The largest absolute Gasteiger partial charge is 0.493 e. The first-order valence-corrected chi connectivity index (χ1v) is 13.0. The van der Waals surface area contributed by atoms with Gasteiger partial charge in [-0.05, 0) is 77.8 Å². The Morgan fingerprint density at radius 2 is 1.85 bits per heavy atom. The highest BCUT2D eigenvalue weighted by Crippen LogP contribution is 2.46. The van der Waals surface area contributed by atoms with Crippen LogP contribution in [0.25, 0.3) is 22.3 Å². The summed E-state index contributed by atoms with van der Waals surface area (Å²) in [7, 11) is 1.11. The summed E-state index contributed by atoms with van der Waals surface area (Å²) >= 11 is 0. The Morgan fingerprint density at radius 3 is 2.51 bits per heavy atom. The zero-order valence-electron chi connectivity index (χ0n) is 22.4. The van der Waals surface area contributed by atoms with Crippen LogP contribution in [0.4, 0.5) is 13.2 Å². The number of rotatable bonds is 8. The molecule has 0 amide bonds. The van der Waals surface area contributed by atoms with E-state index in [2.05, 4.69) is 0 Å². The second-order valence-electron chi connectivity index (χ2n) is 9.88. The zero-order valence-corrected chi connectivity index (χ0v) is 22.4. The first kappa shape index (κ1) is 28.4. The van der Waals surface area contributed by atoms with Gasteiger partial charge in [0.25, 0.3) is 5.56 Å². The topological polar surface area (TPSA) is 66.8 Å². The molecule has 2 heterocycles. The maximum absolute atomic E-state index is 14.5. The highest BCUT2D eigenvalue weighted by Gasteiger charge is 2.40. The molecule has 208 valence electrons. The Kier molecular flexibility index (Phi) is 8.49. The van der Waals surface area contributed by atoms with Gasteiger partial charge in [0.1, 0.15) is 5.75 Å². The lowest BCUT2D eigenvalue weighted by atomic mass is 9.84. The first-order valence-electron chi connectivity index (χ1n) is 13.0. The van der Waals surface area contributed by atoms with Crippen molar-refractivity contribution in [2.75, 3.05) is 20.3 Å². The van der Waals surface area contributed by atoms with Crippen LogP contribution in [0.2, 0.25) is 0 Å². The molecule has 4 rings (SSSR count). The highest BCUT2D eigenvalue weighted by molar-refractivity contribution is 5.91. The predicted molar refractivity (Wildman–Crippen MR) is 142 cm³/mol. The number of ether oxygens (including phenoxy) is 3. The van der Waals surface area contributed by atoms with E-state index in [9.17, 15) is 22.8 Å². The lowest BCUT2D eigenvalue weighted by molar-refractivity contribution is -0.156. The molecule has 1 aliphatic heterocycles. The van der Waals surface area contributed by atoms with Crippen molar-refractivity contribution in [3.05, 3.63) is 75.7 Å². The third-order valence-corrected chi connectivity index (χ3v) is 6.62. The molecule has 3 aromatic rings. The Balaban J connectivity index is 2.10. The molecule has 39 heavy (non-hydrogen) atoms. The Hall–Kier alpha value is -3.59. The number of halogens is 3. The number of alkyl halides is 3. The minimum Gasteiger partial charge on any atom is -0.493 e. The number of pyridine rings is 1. The molecule has 0 aliphatic carbocycles. The molecule has 6 nitrogen and oxygen atoms in total. The molecule has 0 saturated heterocycles. The van der Waals surface area contributed by atoms with E-state index < -0.39 is 23.8 Å². The number of fused-ring (bicyclic) bond motifs is 1. The van der Waals surface area contributed by atoms with Gasteiger partial charge in [0.05, 0.1) is 19.3 Å². The van der Waals surface area contributed by atoms with Crippen molar-refractivity contribution in [2.45, 2.75) is 52.4 Å². The minimum absolute atomic E-state index is 0.0158. The molecule has 1 aromatic heterocycles. The number of benzene rings is 2. The smallest absolute Gasteiger partial charge is 0.416 e. The van der Waals surface area contributed by atoms with E-state index >= 15 is 0 Å². The molecule has 0 radical (unpaired) electrons. The number of nitrogens with zero attached hydrogens (tertiary/aromatic N) is 1. The Bertz CT molecular complexity index is 1410. The van der Waals surface area contributed by atoms with E-state index in [1.165, 1.54) is 12.1 Å². The summed E-state index contributed by atoms with van der Waals surface area (Å²) in [5.74, 6) is -0.0883. The normalized spacial score (nSPS) is 14.1. The maximum atomic E-state index is 14.5. The van der Waals surface area contributed by atoms with Crippen LogP contribution in [-0.4, -0.2) is 30.9 Å². The molecular weight excluding hydrogens is 511 g/mol. The second-order valence-corrected chi connectivity index (χ2v) is 9.88. The molecule has 1 aliphatic rings. The van der Waals surface area contributed by atoms with E-state index in [0.717, 1.165) is 25.2 Å². The summed E-state index contributed by atoms with van der Waals surface area (Å²) in [5, 5.41) is 0. The summed E-state index contributed by atoms with van der Waals surface area (Å²) in [4.78, 5) is 25.4. The van der Waals surface area contributed by atoms with Crippen LogP contribution in [0.1, 0.15) is 50.0 Å². The van der Waals surface area contributed by atoms with Crippen LogP contribution in [0.15, 0.2) is 53.5 Å². The molecule has 2 aromatic carbocycles. The molecule has 1 unspecified atom stereocenters. The average Bonchev–Trinajstić information content (AvgIpc) is 2.90. The van der Waals surface area contributed by atoms with Crippen LogP contribution >= 0.6 is 0 Å². The molecule has 0 spiro atoms. The van der Waals surface area contributed by atoms with Gasteiger partial charge >= 0.3 is 12.1 Å². The van der Waals surface area contributed by atoms with E-state index in [1.807, 2.05) is 13.8 Å². The lowest BCUT2D eigenvalue weighted by Gasteiger charge is -2.26. The summed E-state index contributed by atoms with van der Waals surface area (Å²) < 4.78 is 61.3. The van der Waals surface area contributed by atoms with Crippen molar-refractivity contribution in [3.8, 4) is 28.0 Å². The Morgan fingerprint density at radius 1 is 1.10 bits per heavy atom. The number of aromatic nitrogens is 1. The third kappa shape index (κ3) is 6.03. The van der Waals surface area contributed by atoms with Crippen molar-refractivity contribution < 1.29 is 32.2 Å². The Labute approximate surface area is 225 Å². The molecular formula is C30H32F3NO5. The first-order chi connectivity index (χ1) is 18.5. The number of carbonyl (C=O) groups is 1. The fourth-order valence-corrected chi connectivity index (χ4v) is 4.98. The highest BCUT2D eigenvalue weighted by atomic mass is 19.4.